The van der Waals surface area contributed by atoms with Crippen molar-refractivity contribution >= 4 is 22.5 Å². The van der Waals surface area contributed by atoms with Crippen molar-refractivity contribution < 1.29 is 14.3 Å². The van der Waals surface area contributed by atoms with Crippen molar-refractivity contribution in [2.75, 3.05) is 0 Å². The largest absolute Gasteiger partial charge is 0.456 e. The van der Waals surface area contributed by atoms with Crippen molar-refractivity contribution in [3.05, 3.63) is 71.5 Å². The molecule has 0 bridgehead atoms. The highest BCUT2D eigenvalue weighted by atomic mass is 16.5. The number of nitrogens with zero attached hydrogens (tertiary/aromatic N) is 1. The Kier molecular flexibility index (Phi) is 3.98. The van der Waals surface area contributed by atoms with Crippen LogP contribution in [-0.2, 0) is 18.4 Å². The maximum atomic E-state index is 12.3. The van der Waals surface area contributed by atoms with Gasteiger partial charge in [-0.1, -0.05) is 42.5 Å². The van der Waals surface area contributed by atoms with Gasteiger partial charge in [-0.3, -0.25) is 4.79 Å². The van der Waals surface area contributed by atoms with Crippen molar-refractivity contribution in [3.63, 3.8) is 0 Å². The number of hydrogen-bond acceptors (Lipinski definition) is 3. The van der Waals surface area contributed by atoms with Crippen LogP contribution in [0, 0.1) is 0 Å². The van der Waals surface area contributed by atoms with E-state index in [-0.39, 0.29) is 12.4 Å². The summed E-state index contributed by atoms with van der Waals surface area (Å²) in [5, 5.41) is 2.18. The van der Waals surface area contributed by atoms with E-state index in [2.05, 4.69) is 0 Å². The zero-order valence-corrected chi connectivity index (χ0v) is 13.1. The maximum absolute atomic E-state index is 12.3. The molecule has 0 N–H and O–H groups in total. The summed E-state index contributed by atoms with van der Waals surface area (Å²) < 4.78 is 7.04. The Morgan fingerprint density at radius 2 is 1.83 bits per heavy atom. The van der Waals surface area contributed by atoms with Gasteiger partial charge in [0.15, 0.2) is 5.78 Å². The number of hydrogen-bond donors (Lipinski definition) is 0. The molecule has 0 amide bonds. The Bertz CT molecular complexity index is 887. The quantitative estimate of drug-likeness (QED) is 0.545. The molecule has 3 aromatic rings. The number of aryl methyl sites for hydroxylation is 1. The van der Waals surface area contributed by atoms with E-state index < -0.39 is 5.97 Å². The van der Waals surface area contributed by atoms with Crippen LogP contribution < -0.4 is 0 Å². The van der Waals surface area contributed by atoms with Crippen LogP contribution in [0.1, 0.15) is 33.3 Å². The van der Waals surface area contributed by atoms with E-state index >= 15 is 0 Å². The number of benzene rings is 2. The first-order valence-corrected chi connectivity index (χ1v) is 7.37. The summed E-state index contributed by atoms with van der Waals surface area (Å²) in [6, 6.07) is 15.5. The monoisotopic (exact) mass is 307 g/mol. The molecule has 0 saturated heterocycles. The lowest BCUT2D eigenvalue weighted by Crippen LogP contribution is -2.09. The molecule has 3 rings (SSSR count). The molecule has 116 valence electrons. The fraction of sp³-hybridized carbons (Fsp3) is 0.158. The van der Waals surface area contributed by atoms with Gasteiger partial charge in [0.25, 0.3) is 0 Å². The van der Waals surface area contributed by atoms with Gasteiger partial charge in [0.05, 0.1) is 0 Å². The van der Waals surface area contributed by atoms with Gasteiger partial charge in [-0.25, -0.2) is 4.79 Å². The minimum Gasteiger partial charge on any atom is -0.456 e. The third kappa shape index (κ3) is 3.01. The van der Waals surface area contributed by atoms with Crippen LogP contribution in [0.2, 0.25) is 0 Å². The molecule has 4 heteroatoms. The maximum Gasteiger partial charge on any atom is 0.355 e. The molecule has 0 unspecified atom stereocenters. The summed E-state index contributed by atoms with van der Waals surface area (Å²) >= 11 is 0. The van der Waals surface area contributed by atoms with Crippen LogP contribution in [0.5, 0.6) is 0 Å². The zero-order chi connectivity index (χ0) is 16.4. The Morgan fingerprint density at radius 1 is 1.09 bits per heavy atom. The lowest BCUT2D eigenvalue weighted by atomic mass is 10.1. The molecule has 2 aromatic carbocycles. The van der Waals surface area contributed by atoms with Crippen molar-refractivity contribution in [1.82, 2.24) is 4.57 Å². The van der Waals surface area contributed by atoms with E-state index in [4.69, 9.17) is 4.74 Å². The Hall–Kier alpha value is -2.88. The lowest BCUT2D eigenvalue weighted by molar-refractivity contribution is 0.0463. The molecule has 0 atom stereocenters. The number of carbonyl (C=O) groups is 2. The highest BCUT2D eigenvalue weighted by Gasteiger charge is 2.15. The fourth-order valence-corrected chi connectivity index (χ4v) is 2.60. The predicted molar refractivity (Wildman–Crippen MR) is 88.5 cm³/mol. The number of ketones is 1. The fourth-order valence-electron chi connectivity index (χ4n) is 2.60. The van der Waals surface area contributed by atoms with E-state index in [0.29, 0.717) is 11.3 Å². The van der Waals surface area contributed by atoms with Crippen molar-refractivity contribution in [2.24, 2.45) is 7.05 Å². The van der Waals surface area contributed by atoms with Crippen LogP contribution in [0.4, 0.5) is 0 Å². The summed E-state index contributed by atoms with van der Waals surface area (Å²) in [4.78, 5) is 23.7. The number of aromatic nitrogens is 1. The average molecular weight is 307 g/mol. The molecule has 0 aliphatic carbocycles. The SMILES string of the molecule is CC(=O)c1cc(C(=O)OCc2cccc3ccccc23)n(C)c1. The predicted octanol–water partition coefficient (Wildman–Crippen LogP) is 3.74. The van der Waals surface area contributed by atoms with Crippen LogP contribution in [0.15, 0.2) is 54.7 Å². The molecule has 0 aliphatic rings. The second-order valence-electron chi connectivity index (χ2n) is 5.50. The summed E-state index contributed by atoms with van der Waals surface area (Å²) in [5.74, 6) is -0.512. The Labute approximate surface area is 134 Å². The smallest absolute Gasteiger partial charge is 0.355 e. The first kappa shape index (κ1) is 15.0. The summed E-state index contributed by atoms with van der Waals surface area (Å²) in [7, 11) is 1.72. The van der Waals surface area contributed by atoms with Crippen molar-refractivity contribution in [3.8, 4) is 0 Å². The normalized spacial score (nSPS) is 10.7. The van der Waals surface area contributed by atoms with Crippen LogP contribution in [0.25, 0.3) is 10.8 Å². The number of Topliss-reactive ketones (excluding diaryl/α,β-unsaturated/α-hetero) is 1. The highest BCUT2D eigenvalue weighted by Crippen LogP contribution is 2.20. The van der Waals surface area contributed by atoms with Crippen molar-refractivity contribution in [2.45, 2.75) is 13.5 Å². The minimum atomic E-state index is -0.437. The van der Waals surface area contributed by atoms with E-state index in [1.165, 1.54) is 6.92 Å². The van der Waals surface area contributed by atoms with E-state index in [0.717, 1.165) is 16.3 Å². The average Bonchev–Trinajstić information content (AvgIpc) is 2.95. The van der Waals surface area contributed by atoms with Gasteiger partial charge >= 0.3 is 5.97 Å². The second-order valence-corrected chi connectivity index (χ2v) is 5.50. The molecule has 23 heavy (non-hydrogen) atoms. The van der Waals surface area contributed by atoms with Gasteiger partial charge in [-0.05, 0) is 29.3 Å². The lowest BCUT2D eigenvalue weighted by Gasteiger charge is -2.08. The van der Waals surface area contributed by atoms with Gasteiger partial charge in [-0.15, -0.1) is 0 Å². The second kappa shape index (κ2) is 6.08. The third-order valence-corrected chi connectivity index (χ3v) is 3.86. The molecule has 0 spiro atoms. The summed E-state index contributed by atoms with van der Waals surface area (Å²) in [6.07, 6.45) is 1.64. The van der Waals surface area contributed by atoms with E-state index in [1.807, 2.05) is 42.5 Å². The summed E-state index contributed by atoms with van der Waals surface area (Å²) in [5.41, 5.74) is 1.83. The van der Waals surface area contributed by atoms with Gasteiger partial charge in [0.2, 0.25) is 0 Å². The van der Waals surface area contributed by atoms with Gasteiger partial charge < -0.3 is 9.30 Å². The molecular formula is C19H17NO3. The Balaban J connectivity index is 1.80. The zero-order valence-electron chi connectivity index (χ0n) is 13.1. The molecule has 0 aliphatic heterocycles. The number of esters is 1. The van der Waals surface area contributed by atoms with Crippen LogP contribution in [0.3, 0.4) is 0 Å². The first-order valence-electron chi connectivity index (χ1n) is 7.37. The molecule has 0 radical (unpaired) electrons. The number of ether oxygens (including phenoxy) is 1. The molecular weight excluding hydrogens is 290 g/mol. The van der Waals surface area contributed by atoms with Gasteiger partial charge in [-0.2, -0.15) is 0 Å². The Morgan fingerprint density at radius 3 is 2.57 bits per heavy atom. The molecule has 1 aromatic heterocycles. The van der Waals surface area contributed by atoms with E-state index in [1.54, 1.807) is 23.9 Å². The molecule has 4 nitrogen and oxygen atoms in total. The topological polar surface area (TPSA) is 48.3 Å². The van der Waals surface area contributed by atoms with Gasteiger partial charge in [0, 0.05) is 18.8 Å². The summed E-state index contributed by atoms with van der Waals surface area (Å²) in [6.45, 7) is 1.67. The number of fused-ring (bicyclic) bond motifs is 1. The van der Waals surface area contributed by atoms with Crippen LogP contribution in [-0.4, -0.2) is 16.3 Å². The molecule has 0 fully saturated rings. The standard InChI is InChI=1S/C19H17NO3/c1-13(21)16-10-18(20(2)11-16)19(22)23-12-15-8-5-7-14-6-3-4-9-17(14)15/h3-11H,12H2,1-2H3. The first-order chi connectivity index (χ1) is 11.1. The number of carbonyl (C=O) groups excluding carboxylic acids is 2. The van der Waals surface area contributed by atoms with Crippen LogP contribution >= 0.6 is 0 Å². The molecule has 0 saturated carbocycles. The number of rotatable bonds is 4. The minimum absolute atomic E-state index is 0.0753. The highest BCUT2D eigenvalue weighted by molar-refractivity contribution is 5.97. The third-order valence-electron chi connectivity index (χ3n) is 3.86. The van der Waals surface area contributed by atoms with Crippen molar-refractivity contribution in [1.29, 1.82) is 0 Å². The molecule has 1 heterocycles. The van der Waals surface area contributed by atoms with E-state index in [9.17, 15) is 9.59 Å². The van der Waals surface area contributed by atoms with Gasteiger partial charge in [0.1, 0.15) is 12.3 Å².